The quantitative estimate of drug-likeness (QED) is 0.831. The fourth-order valence-corrected chi connectivity index (χ4v) is 2.13. The van der Waals surface area contributed by atoms with Gasteiger partial charge in [-0.25, -0.2) is 0 Å². The molecule has 0 fully saturated rings. The highest BCUT2D eigenvalue weighted by Crippen LogP contribution is 2.34. The standard InChI is InChI=1S/C11H16O2S/c1-4-14-8(2)9-5-6-10(12)11(7-9)13-3/h5-8,12H,4H2,1-3H3. The lowest BCUT2D eigenvalue weighted by molar-refractivity contribution is 0.373. The molecule has 0 aliphatic heterocycles. The lowest BCUT2D eigenvalue weighted by Gasteiger charge is -2.12. The average Bonchev–Trinajstić information content (AvgIpc) is 2.19. The van der Waals surface area contributed by atoms with Crippen LogP contribution in [0, 0.1) is 0 Å². The normalized spacial score (nSPS) is 12.5. The number of benzene rings is 1. The fourth-order valence-electron chi connectivity index (χ4n) is 1.29. The maximum absolute atomic E-state index is 9.41. The first-order chi connectivity index (χ1) is 6.69. The van der Waals surface area contributed by atoms with E-state index in [4.69, 9.17) is 4.74 Å². The minimum Gasteiger partial charge on any atom is -0.504 e. The van der Waals surface area contributed by atoms with Crippen molar-refractivity contribution >= 4 is 11.8 Å². The summed E-state index contributed by atoms with van der Waals surface area (Å²) in [6.45, 7) is 4.29. The van der Waals surface area contributed by atoms with Crippen molar-refractivity contribution in [3.05, 3.63) is 23.8 Å². The molecule has 0 bridgehead atoms. The van der Waals surface area contributed by atoms with E-state index in [2.05, 4.69) is 13.8 Å². The van der Waals surface area contributed by atoms with E-state index < -0.39 is 0 Å². The zero-order valence-electron chi connectivity index (χ0n) is 8.78. The van der Waals surface area contributed by atoms with Gasteiger partial charge in [-0.05, 0) is 30.4 Å². The topological polar surface area (TPSA) is 29.5 Å². The number of hydrogen-bond acceptors (Lipinski definition) is 3. The predicted octanol–water partition coefficient (Wildman–Crippen LogP) is 3.21. The lowest BCUT2D eigenvalue weighted by atomic mass is 10.1. The van der Waals surface area contributed by atoms with Gasteiger partial charge in [0.05, 0.1) is 7.11 Å². The summed E-state index contributed by atoms with van der Waals surface area (Å²) in [5.41, 5.74) is 1.19. The van der Waals surface area contributed by atoms with E-state index in [-0.39, 0.29) is 5.75 Å². The summed E-state index contributed by atoms with van der Waals surface area (Å²) in [5, 5.41) is 9.85. The Morgan fingerprint density at radius 2 is 2.21 bits per heavy atom. The summed E-state index contributed by atoms with van der Waals surface area (Å²) < 4.78 is 5.05. The molecule has 0 spiro atoms. The molecule has 14 heavy (non-hydrogen) atoms. The van der Waals surface area contributed by atoms with E-state index in [0.29, 0.717) is 11.0 Å². The fraction of sp³-hybridized carbons (Fsp3) is 0.455. The second-order valence-electron chi connectivity index (χ2n) is 3.03. The smallest absolute Gasteiger partial charge is 0.160 e. The number of rotatable bonds is 4. The van der Waals surface area contributed by atoms with Crippen LogP contribution in [0.25, 0.3) is 0 Å². The summed E-state index contributed by atoms with van der Waals surface area (Å²) in [5.74, 6) is 1.83. The first kappa shape index (κ1) is 11.2. The first-order valence-corrected chi connectivity index (χ1v) is 5.72. The van der Waals surface area contributed by atoms with E-state index in [1.807, 2.05) is 23.9 Å². The number of methoxy groups -OCH3 is 1. The van der Waals surface area contributed by atoms with Gasteiger partial charge in [-0.15, -0.1) is 0 Å². The molecule has 1 unspecified atom stereocenters. The Morgan fingerprint density at radius 3 is 2.79 bits per heavy atom. The van der Waals surface area contributed by atoms with Crippen LogP contribution in [0.5, 0.6) is 11.5 Å². The monoisotopic (exact) mass is 212 g/mol. The van der Waals surface area contributed by atoms with Gasteiger partial charge in [-0.3, -0.25) is 0 Å². The van der Waals surface area contributed by atoms with Gasteiger partial charge in [-0.2, -0.15) is 11.8 Å². The summed E-state index contributed by atoms with van der Waals surface area (Å²) in [4.78, 5) is 0. The van der Waals surface area contributed by atoms with Gasteiger partial charge in [0.2, 0.25) is 0 Å². The van der Waals surface area contributed by atoms with Crippen molar-refractivity contribution in [2.24, 2.45) is 0 Å². The van der Waals surface area contributed by atoms with Gasteiger partial charge < -0.3 is 9.84 Å². The van der Waals surface area contributed by atoms with E-state index in [1.54, 1.807) is 13.2 Å². The van der Waals surface area contributed by atoms with Crippen molar-refractivity contribution in [3.8, 4) is 11.5 Å². The molecule has 0 amide bonds. The molecular formula is C11H16O2S. The molecule has 0 aromatic heterocycles. The Kier molecular flexibility index (Phi) is 4.14. The van der Waals surface area contributed by atoms with E-state index in [9.17, 15) is 5.11 Å². The van der Waals surface area contributed by atoms with Crippen LogP contribution in [0.15, 0.2) is 18.2 Å². The Labute approximate surface area is 89.3 Å². The molecule has 0 radical (unpaired) electrons. The molecule has 2 nitrogen and oxygen atoms in total. The lowest BCUT2D eigenvalue weighted by Crippen LogP contribution is -1.91. The zero-order chi connectivity index (χ0) is 10.6. The summed E-state index contributed by atoms with van der Waals surface area (Å²) >= 11 is 1.87. The van der Waals surface area contributed by atoms with Gasteiger partial charge >= 0.3 is 0 Å². The van der Waals surface area contributed by atoms with Gasteiger partial charge in [0.1, 0.15) is 0 Å². The van der Waals surface area contributed by atoms with Crippen LogP contribution in [0.3, 0.4) is 0 Å². The Morgan fingerprint density at radius 1 is 1.50 bits per heavy atom. The second-order valence-corrected chi connectivity index (χ2v) is 4.65. The number of ether oxygens (including phenoxy) is 1. The van der Waals surface area contributed by atoms with Crippen molar-refractivity contribution < 1.29 is 9.84 Å². The highest BCUT2D eigenvalue weighted by Gasteiger charge is 2.08. The van der Waals surface area contributed by atoms with Crippen molar-refractivity contribution in [3.63, 3.8) is 0 Å². The molecule has 0 aliphatic rings. The highest BCUT2D eigenvalue weighted by molar-refractivity contribution is 7.99. The van der Waals surface area contributed by atoms with Crippen LogP contribution in [0.2, 0.25) is 0 Å². The molecule has 1 aromatic carbocycles. The molecule has 0 saturated heterocycles. The van der Waals surface area contributed by atoms with Gasteiger partial charge in [0.15, 0.2) is 11.5 Å². The molecule has 0 heterocycles. The van der Waals surface area contributed by atoms with Crippen molar-refractivity contribution in [1.82, 2.24) is 0 Å². The summed E-state index contributed by atoms with van der Waals surface area (Å²) in [6, 6.07) is 5.51. The molecular weight excluding hydrogens is 196 g/mol. The zero-order valence-corrected chi connectivity index (χ0v) is 9.60. The van der Waals surface area contributed by atoms with Gasteiger partial charge in [-0.1, -0.05) is 13.0 Å². The third-order valence-corrected chi connectivity index (χ3v) is 3.20. The molecule has 3 heteroatoms. The van der Waals surface area contributed by atoms with Crippen LogP contribution in [-0.4, -0.2) is 18.0 Å². The van der Waals surface area contributed by atoms with Crippen LogP contribution in [0.4, 0.5) is 0 Å². The van der Waals surface area contributed by atoms with E-state index in [0.717, 1.165) is 5.75 Å². The second kappa shape index (κ2) is 5.15. The number of phenols is 1. The van der Waals surface area contributed by atoms with Crippen LogP contribution < -0.4 is 4.74 Å². The predicted molar refractivity (Wildman–Crippen MR) is 61.2 cm³/mol. The minimum atomic E-state index is 0.199. The van der Waals surface area contributed by atoms with E-state index >= 15 is 0 Å². The van der Waals surface area contributed by atoms with Crippen LogP contribution in [-0.2, 0) is 0 Å². The number of phenolic OH excluding ortho intramolecular Hbond substituents is 1. The highest BCUT2D eigenvalue weighted by atomic mass is 32.2. The van der Waals surface area contributed by atoms with Crippen LogP contribution >= 0.6 is 11.8 Å². The molecule has 1 rings (SSSR count). The Balaban J connectivity index is 2.88. The average molecular weight is 212 g/mol. The summed E-state index contributed by atoms with van der Waals surface area (Å²) in [7, 11) is 1.57. The number of hydrogen-bond donors (Lipinski definition) is 1. The van der Waals surface area contributed by atoms with Gasteiger partial charge in [0.25, 0.3) is 0 Å². The largest absolute Gasteiger partial charge is 0.504 e. The third-order valence-electron chi connectivity index (χ3n) is 2.09. The molecule has 1 aromatic rings. The number of thioether (sulfide) groups is 1. The summed E-state index contributed by atoms with van der Waals surface area (Å²) in [6.07, 6.45) is 0. The van der Waals surface area contributed by atoms with Gasteiger partial charge in [0, 0.05) is 5.25 Å². The molecule has 78 valence electrons. The maximum Gasteiger partial charge on any atom is 0.160 e. The first-order valence-electron chi connectivity index (χ1n) is 4.67. The van der Waals surface area contributed by atoms with Crippen LogP contribution in [0.1, 0.15) is 24.7 Å². The minimum absolute atomic E-state index is 0.199. The SMILES string of the molecule is CCSC(C)c1ccc(O)c(OC)c1. The van der Waals surface area contributed by atoms with Crippen molar-refractivity contribution in [1.29, 1.82) is 0 Å². The maximum atomic E-state index is 9.41. The molecule has 0 saturated carbocycles. The Hall–Kier alpha value is -0.830. The van der Waals surface area contributed by atoms with Crippen molar-refractivity contribution in [2.45, 2.75) is 19.1 Å². The van der Waals surface area contributed by atoms with E-state index in [1.165, 1.54) is 5.56 Å². The molecule has 1 N–H and O–H groups in total. The molecule has 1 atom stereocenters. The molecule has 0 aliphatic carbocycles. The Bertz CT molecular complexity index is 299. The third kappa shape index (κ3) is 2.58. The number of aromatic hydroxyl groups is 1. The van der Waals surface area contributed by atoms with Crippen molar-refractivity contribution in [2.75, 3.05) is 12.9 Å².